The van der Waals surface area contributed by atoms with Crippen molar-refractivity contribution < 1.29 is 31.5 Å². The molecule has 12 heteroatoms. The summed E-state index contributed by atoms with van der Waals surface area (Å²) in [5.74, 6) is -1.34. The lowest BCUT2D eigenvalue weighted by molar-refractivity contribution is -0.153. The quantitative estimate of drug-likeness (QED) is 0.456. The molecule has 0 aliphatic carbocycles. The molecular formula is C24H26FN3O7S. The Labute approximate surface area is 207 Å². The molecule has 0 fully saturated rings. The van der Waals surface area contributed by atoms with E-state index in [0.717, 1.165) is 21.1 Å². The number of benzene rings is 2. The summed E-state index contributed by atoms with van der Waals surface area (Å²) in [6.45, 7) is 5.13. The second-order valence-electron chi connectivity index (χ2n) is 9.38. The van der Waals surface area contributed by atoms with Crippen molar-refractivity contribution in [2.75, 3.05) is 10.8 Å². The molecule has 0 radical (unpaired) electrons. The van der Waals surface area contributed by atoms with E-state index in [1.54, 1.807) is 39.0 Å². The summed E-state index contributed by atoms with van der Waals surface area (Å²) in [5.41, 5.74) is 0.0826. The number of aryl methyl sites for hydroxylation is 1. The van der Waals surface area contributed by atoms with E-state index in [0.29, 0.717) is 5.56 Å². The number of nitrogens with zero attached hydrogens (tertiary/aromatic N) is 3. The maximum atomic E-state index is 13.6. The van der Waals surface area contributed by atoms with Crippen LogP contribution in [-0.2, 0) is 39.4 Å². The highest BCUT2D eigenvalue weighted by Gasteiger charge is 2.36. The largest absolute Gasteiger partial charge is 0.486 e. The molecule has 0 unspecified atom stereocenters. The van der Waals surface area contributed by atoms with Gasteiger partial charge in [-0.1, -0.05) is 6.07 Å². The molecule has 1 aliphatic heterocycles. The molecule has 4 rings (SSSR count). The number of carbonyl (C=O) groups is 1. The topological polar surface area (TPSA) is 121 Å². The zero-order valence-electron chi connectivity index (χ0n) is 20.2. The maximum Gasteiger partial charge on any atom is 0.436 e. The predicted octanol–water partition coefficient (Wildman–Crippen LogP) is 2.60. The number of fused-ring (bicyclic) bond motifs is 1. The van der Waals surface area contributed by atoms with Crippen LogP contribution in [0.3, 0.4) is 0 Å². The van der Waals surface area contributed by atoms with Crippen LogP contribution in [0.4, 0.5) is 10.1 Å². The van der Waals surface area contributed by atoms with Gasteiger partial charge in [-0.3, -0.25) is 9.10 Å². The number of esters is 1. The summed E-state index contributed by atoms with van der Waals surface area (Å²) < 4.78 is 59.3. The van der Waals surface area contributed by atoms with Gasteiger partial charge in [-0.15, -0.1) is 5.10 Å². The number of ether oxygens (including phenoxy) is 2. The van der Waals surface area contributed by atoms with E-state index in [1.165, 1.54) is 19.2 Å². The van der Waals surface area contributed by atoms with Crippen LogP contribution >= 0.6 is 0 Å². The monoisotopic (exact) mass is 519 g/mol. The number of rotatable bonds is 6. The fraction of sp³-hybridized carbons (Fsp3) is 0.375. The molecule has 36 heavy (non-hydrogen) atoms. The number of carbonyl (C=O) groups excluding carboxylic acids is 1. The van der Waals surface area contributed by atoms with Crippen LogP contribution in [0.25, 0.3) is 0 Å². The van der Waals surface area contributed by atoms with Gasteiger partial charge in [0.05, 0.1) is 30.0 Å². The van der Waals surface area contributed by atoms with Crippen molar-refractivity contribution in [3.63, 3.8) is 0 Å². The zero-order chi connectivity index (χ0) is 26.3. The first-order chi connectivity index (χ1) is 16.8. The summed E-state index contributed by atoms with van der Waals surface area (Å²) in [6.07, 6.45) is -0.773. The van der Waals surface area contributed by atoms with E-state index < -0.39 is 39.3 Å². The van der Waals surface area contributed by atoms with Gasteiger partial charge in [-0.2, -0.15) is 4.68 Å². The van der Waals surface area contributed by atoms with Crippen molar-refractivity contribution >= 4 is 21.7 Å². The highest BCUT2D eigenvalue weighted by atomic mass is 32.2. The second kappa shape index (κ2) is 9.41. The van der Waals surface area contributed by atoms with Crippen molar-refractivity contribution in [2.24, 2.45) is 7.05 Å². The number of sulfonamides is 1. The van der Waals surface area contributed by atoms with Crippen molar-refractivity contribution in [2.45, 2.75) is 50.2 Å². The van der Waals surface area contributed by atoms with Gasteiger partial charge in [0.2, 0.25) is 5.89 Å². The van der Waals surface area contributed by atoms with Crippen LogP contribution in [0.15, 0.2) is 56.6 Å². The fourth-order valence-corrected chi connectivity index (χ4v) is 5.25. The standard InChI is InChI=1S/C24H26FN3O7S/c1-24(2,3)35-22(29)12-15-5-10-20-19(11-15)28(36(31,32)18-8-6-16(25)7-9-18)14-17(33-20)13-21-26-27(4)23(30)34-21/h5-11,17H,12-14H2,1-4H3/t17-/m0/s1. The Morgan fingerprint density at radius 3 is 2.50 bits per heavy atom. The lowest BCUT2D eigenvalue weighted by Gasteiger charge is -2.35. The third-order valence-corrected chi connectivity index (χ3v) is 7.05. The highest BCUT2D eigenvalue weighted by molar-refractivity contribution is 7.92. The number of hydrogen-bond acceptors (Lipinski definition) is 8. The lowest BCUT2D eigenvalue weighted by Crippen LogP contribution is -2.44. The van der Waals surface area contributed by atoms with Crippen LogP contribution in [0.5, 0.6) is 5.75 Å². The fourth-order valence-electron chi connectivity index (χ4n) is 3.75. The smallest absolute Gasteiger partial charge is 0.436 e. The Morgan fingerprint density at radius 1 is 1.19 bits per heavy atom. The summed E-state index contributed by atoms with van der Waals surface area (Å²) in [4.78, 5) is 23.9. The Bertz CT molecular complexity index is 1440. The lowest BCUT2D eigenvalue weighted by atomic mass is 10.1. The van der Waals surface area contributed by atoms with Crippen LogP contribution in [0, 0.1) is 5.82 Å². The average molecular weight is 520 g/mol. The molecule has 0 N–H and O–H groups in total. The summed E-state index contributed by atoms with van der Waals surface area (Å²) in [6, 6.07) is 9.25. The molecule has 192 valence electrons. The van der Waals surface area contributed by atoms with Crippen molar-refractivity contribution in [1.82, 2.24) is 9.78 Å². The minimum Gasteiger partial charge on any atom is -0.486 e. The van der Waals surface area contributed by atoms with Gasteiger partial charge in [-0.25, -0.2) is 17.6 Å². The summed E-state index contributed by atoms with van der Waals surface area (Å²) in [7, 11) is -2.71. The Kier molecular flexibility index (Phi) is 6.65. The maximum absolute atomic E-state index is 13.6. The minimum atomic E-state index is -4.14. The number of halogens is 1. The molecule has 1 atom stereocenters. The second-order valence-corrected chi connectivity index (χ2v) is 11.2. The van der Waals surface area contributed by atoms with E-state index in [2.05, 4.69) is 5.10 Å². The molecule has 2 aromatic carbocycles. The third kappa shape index (κ3) is 5.59. The van der Waals surface area contributed by atoms with Gasteiger partial charge in [0.1, 0.15) is 23.3 Å². The minimum absolute atomic E-state index is 0.0324. The van der Waals surface area contributed by atoms with Crippen LogP contribution < -0.4 is 14.8 Å². The molecule has 1 aliphatic rings. The average Bonchev–Trinajstić information content (AvgIpc) is 3.08. The van der Waals surface area contributed by atoms with Gasteiger partial charge < -0.3 is 13.9 Å². The van der Waals surface area contributed by atoms with E-state index in [-0.39, 0.29) is 41.6 Å². The van der Waals surface area contributed by atoms with E-state index in [9.17, 15) is 22.4 Å². The van der Waals surface area contributed by atoms with E-state index >= 15 is 0 Å². The molecule has 0 saturated heterocycles. The van der Waals surface area contributed by atoms with Crippen LogP contribution in [-0.4, -0.2) is 42.4 Å². The number of anilines is 1. The molecule has 0 spiro atoms. The molecule has 10 nitrogen and oxygen atoms in total. The normalized spacial score (nSPS) is 15.8. The predicted molar refractivity (Wildman–Crippen MR) is 127 cm³/mol. The third-order valence-electron chi connectivity index (χ3n) is 5.26. The Hall–Kier alpha value is -3.67. The van der Waals surface area contributed by atoms with Gasteiger partial charge in [-0.05, 0) is 62.7 Å². The zero-order valence-corrected chi connectivity index (χ0v) is 21.0. The van der Waals surface area contributed by atoms with Crippen LogP contribution in [0.1, 0.15) is 32.2 Å². The molecule has 1 aromatic heterocycles. The number of aromatic nitrogens is 2. The Balaban J connectivity index is 1.70. The van der Waals surface area contributed by atoms with Gasteiger partial charge in [0, 0.05) is 7.05 Å². The SMILES string of the molecule is Cn1nc(C[C@H]2CN(S(=O)(=O)c3ccc(F)cc3)c3cc(CC(=O)OC(C)(C)C)ccc3O2)oc1=O. The van der Waals surface area contributed by atoms with Crippen LogP contribution in [0.2, 0.25) is 0 Å². The molecule has 2 heterocycles. The van der Waals surface area contributed by atoms with Crippen molar-refractivity contribution in [3.05, 3.63) is 70.3 Å². The van der Waals surface area contributed by atoms with Crippen molar-refractivity contribution in [1.29, 1.82) is 0 Å². The van der Waals surface area contributed by atoms with Gasteiger partial charge >= 0.3 is 11.7 Å². The summed E-state index contributed by atoms with van der Waals surface area (Å²) in [5, 5.41) is 3.99. The molecule has 3 aromatic rings. The van der Waals surface area contributed by atoms with Crippen molar-refractivity contribution in [3.8, 4) is 5.75 Å². The van der Waals surface area contributed by atoms with Gasteiger partial charge in [0.15, 0.2) is 0 Å². The first kappa shape index (κ1) is 25.4. The number of hydrogen-bond donors (Lipinski definition) is 0. The van der Waals surface area contributed by atoms with E-state index in [4.69, 9.17) is 13.9 Å². The molecule has 0 saturated carbocycles. The first-order valence-corrected chi connectivity index (χ1v) is 12.6. The molecule has 0 bridgehead atoms. The molecule has 0 amide bonds. The van der Waals surface area contributed by atoms with E-state index in [1.807, 2.05) is 0 Å². The molecular weight excluding hydrogens is 493 g/mol. The summed E-state index contributed by atoms with van der Waals surface area (Å²) >= 11 is 0. The highest BCUT2D eigenvalue weighted by Crippen LogP contribution is 2.38. The van der Waals surface area contributed by atoms with Gasteiger partial charge in [0.25, 0.3) is 10.0 Å². The first-order valence-electron chi connectivity index (χ1n) is 11.1. The Morgan fingerprint density at radius 2 is 1.89 bits per heavy atom.